The molecule has 1 aromatic rings. The molecule has 1 rings (SSSR count). The molecule has 0 fully saturated rings. The summed E-state index contributed by atoms with van der Waals surface area (Å²) in [6.07, 6.45) is 2.27. The molecular formula is C16H28ClN3O2S. The highest BCUT2D eigenvalue weighted by Crippen LogP contribution is 2.22. The summed E-state index contributed by atoms with van der Waals surface area (Å²) in [5, 5.41) is 3.29. The number of hydrogen-bond donors (Lipinski definition) is 1. The molecular weight excluding hydrogens is 334 g/mol. The van der Waals surface area contributed by atoms with Crippen molar-refractivity contribution in [3.8, 4) is 0 Å². The zero-order chi connectivity index (χ0) is 16.9. The Balaban J connectivity index is 2.11. The quantitative estimate of drug-likeness (QED) is 0.373. The maximum absolute atomic E-state index is 5.96. The molecule has 1 heterocycles. The van der Waals surface area contributed by atoms with Gasteiger partial charge in [-0.15, -0.1) is 11.3 Å². The van der Waals surface area contributed by atoms with Gasteiger partial charge in [0.05, 0.1) is 30.7 Å². The number of guanidine groups is 1. The third-order valence-corrected chi connectivity index (χ3v) is 4.35. The van der Waals surface area contributed by atoms with Crippen molar-refractivity contribution in [2.75, 3.05) is 47.1 Å². The number of halogens is 1. The standard InChI is InChI=1S/C16H28ClN3O2S/c1-4-5-9-21-11-12-22-10-8-19-16(18-2)20(3)13-14-6-7-15(17)23-14/h6-7H,4-5,8-13H2,1-3H3,(H,18,19). The number of unbranched alkanes of at least 4 members (excludes halogenated alkanes) is 1. The molecule has 0 atom stereocenters. The van der Waals surface area contributed by atoms with E-state index in [1.165, 1.54) is 4.88 Å². The van der Waals surface area contributed by atoms with Gasteiger partial charge in [0.15, 0.2) is 5.96 Å². The number of ether oxygens (including phenoxy) is 2. The van der Waals surface area contributed by atoms with Gasteiger partial charge in [-0.05, 0) is 18.6 Å². The molecule has 0 saturated heterocycles. The summed E-state index contributed by atoms with van der Waals surface area (Å²) in [6, 6.07) is 3.96. The summed E-state index contributed by atoms with van der Waals surface area (Å²) in [5.41, 5.74) is 0. The molecule has 0 aliphatic rings. The number of nitrogens with one attached hydrogen (secondary N) is 1. The van der Waals surface area contributed by atoms with Gasteiger partial charge in [0.1, 0.15) is 0 Å². The lowest BCUT2D eigenvalue weighted by Crippen LogP contribution is -2.39. The minimum absolute atomic E-state index is 0.632. The lowest BCUT2D eigenvalue weighted by atomic mass is 10.4. The maximum Gasteiger partial charge on any atom is 0.193 e. The van der Waals surface area contributed by atoms with E-state index in [-0.39, 0.29) is 0 Å². The predicted octanol–water partition coefficient (Wildman–Crippen LogP) is 3.24. The largest absolute Gasteiger partial charge is 0.379 e. The minimum Gasteiger partial charge on any atom is -0.379 e. The number of rotatable bonds is 11. The second-order valence-electron chi connectivity index (χ2n) is 5.11. The summed E-state index contributed by atoms with van der Waals surface area (Å²) in [5.74, 6) is 0.845. The molecule has 0 spiro atoms. The summed E-state index contributed by atoms with van der Waals surface area (Å²) >= 11 is 7.55. The first-order valence-corrected chi connectivity index (χ1v) is 9.18. The molecule has 0 aromatic carbocycles. The van der Waals surface area contributed by atoms with E-state index in [2.05, 4.69) is 22.1 Å². The fourth-order valence-corrected chi connectivity index (χ4v) is 3.07. The van der Waals surface area contributed by atoms with Crippen LogP contribution >= 0.6 is 22.9 Å². The molecule has 23 heavy (non-hydrogen) atoms. The Morgan fingerprint density at radius 3 is 2.61 bits per heavy atom. The predicted molar refractivity (Wildman–Crippen MR) is 98.7 cm³/mol. The molecule has 0 amide bonds. The van der Waals surface area contributed by atoms with E-state index in [4.69, 9.17) is 21.1 Å². The minimum atomic E-state index is 0.632. The van der Waals surface area contributed by atoms with Crippen LogP contribution in [-0.4, -0.2) is 57.9 Å². The van der Waals surface area contributed by atoms with Crippen molar-refractivity contribution >= 4 is 28.9 Å². The molecule has 0 aliphatic heterocycles. The topological polar surface area (TPSA) is 46.1 Å². The van der Waals surface area contributed by atoms with E-state index >= 15 is 0 Å². The van der Waals surface area contributed by atoms with Crippen molar-refractivity contribution < 1.29 is 9.47 Å². The number of nitrogens with zero attached hydrogens (tertiary/aromatic N) is 2. The Bertz CT molecular complexity index is 454. The summed E-state index contributed by atoms with van der Waals surface area (Å²) in [7, 11) is 3.79. The van der Waals surface area contributed by atoms with Crippen LogP contribution in [0, 0.1) is 0 Å². The second-order valence-corrected chi connectivity index (χ2v) is 6.91. The number of hydrogen-bond acceptors (Lipinski definition) is 4. The van der Waals surface area contributed by atoms with Crippen LogP contribution in [0.4, 0.5) is 0 Å². The highest BCUT2D eigenvalue weighted by Gasteiger charge is 2.07. The Kier molecular flexibility index (Phi) is 11.1. The molecule has 0 unspecified atom stereocenters. The van der Waals surface area contributed by atoms with E-state index in [0.717, 1.165) is 42.8 Å². The maximum atomic E-state index is 5.96. The van der Waals surface area contributed by atoms with Crippen molar-refractivity contribution in [2.45, 2.75) is 26.3 Å². The van der Waals surface area contributed by atoms with Crippen molar-refractivity contribution in [3.63, 3.8) is 0 Å². The zero-order valence-corrected chi connectivity index (χ0v) is 15.9. The third-order valence-electron chi connectivity index (χ3n) is 3.14. The molecule has 1 aromatic heterocycles. The molecule has 1 N–H and O–H groups in total. The van der Waals surface area contributed by atoms with Gasteiger partial charge in [-0.2, -0.15) is 0 Å². The molecule has 132 valence electrons. The van der Waals surface area contributed by atoms with Gasteiger partial charge in [-0.3, -0.25) is 4.99 Å². The van der Waals surface area contributed by atoms with Crippen LogP contribution in [-0.2, 0) is 16.0 Å². The van der Waals surface area contributed by atoms with Crippen LogP contribution in [0.5, 0.6) is 0 Å². The Labute approximate surface area is 148 Å². The Morgan fingerprint density at radius 2 is 2.00 bits per heavy atom. The van der Waals surface area contributed by atoms with Gasteiger partial charge >= 0.3 is 0 Å². The first kappa shape index (κ1) is 20.2. The van der Waals surface area contributed by atoms with Gasteiger partial charge < -0.3 is 19.7 Å². The lowest BCUT2D eigenvalue weighted by molar-refractivity contribution is 0.0486. The smallest absolute Gasteiger partial charge is 0.193 e. The van der Waals surface area contributed by atoms with E-state index in [9.17, 15) is 0 Å². The van der Waals surface area contributed by atoms with Crippen LogP contribution in [0.15, 0.2) is 17.1 Å². The van der Waals surface area contributed by atoms with Crippen molar-refractivity contribution in [3.05, 3.63) is 21.3 Å². The lowest BCUT2D eigenvalue weighted by Gasteiger charge is -2.21. The molecule has 0 saturated carbocycles. The molecule has 5 nitrogen and oxygen atoms in total. The highest BCUT2D eigenvalue weighted by atomic mass is 35.5. The summed E-state index contributed by atoms with van der Waals surface area (Å²) < 4.78 is 11.8. The normalized spacial score (nSPS) is 11.7. The van der Waals surface area contributed by atoms with E-state index < -0.39 is 0 Å². The number of aliphatic imine (C=N–C) groups is 1. The van der Waals surface area contributed by atoms with Gasteiger partial charge in [-0.25, -0.2) is 0 Å². The van der Waals surface area contributed by atoms with Gasteiger partial charge in [0.2, 0.25) is 0 Å². The van der Waals surface area contributed by atoms with Crippen LogP contribution in [0.25, 0.3) is 0 Å². The van der Waals surface area contributed by atoms with Crippen molar-refractivity contribution in [1.82, 2.24) is 10.2 Å². The first-order chi connectivity index (χ1) is 11.2. The third kappa shape index (κ3) is 9.15. The first-order valence-electron chi connectivity index (χ1n) is 7.98. The van der Waals surface area contributed by atoms with Crippen LogP contribution < -0.4 is 5.32 Å². The fourth-order valence-electron chi connectivity index (χ4n) is 1.93. The van der Waals surface area contributed by atoms with E-state index in [1.807, 2.05) is 19.2 Å². The average molecular weight is 362 g/mol. The highest BCUT2D eigenvalue weighted by molar-refractivity contribution is 7.16. The molecule has 0 bridgehead atoms. The molecule has 0 aliphatic carbocycles. The van der Waals surface area contributed by atoms with Gasteiger partial charge in [-0.1, -0.05) is 24.9 Å². The van der Waals surface area contributed by atoms with Gasteiger partial charge in [0, 0.05) is 32.1 Å². The number of thiophene rings is 1. The summed E-state index contributed by atoms with van der Waals surface area (Å²) in [4.78, 5) is 7.56. The van der Waals surface area contributed by atoms with Crippen LogP contribution in [0.2, 0.25) is 4.34 Å². The SMILES string of the molecule is CCCCOCCOCCNC(=NC)N(C)Cc1ccc(Cl)s1. The van der Waals surface area contributed by atoms with Crippen LogP contribution in [0.1, 0.15) is 24.6 Å². The monoisotopic (exact) mass is 361 g/mol. The van der Waals surface area contributed by atoms with Crippen LogP contribution in [0.3, 0.4) is 0 Å². The van der Waals surface area contributed by atoms with E-state index in [1.54, 1.807) is 18.4 Å². The second kappa shape index (κ2) is 12.6. The fraction of sp³-hybridized carbons (Fsp3) is 0.688. The molecule has 7 heteroatoms. The zero-order valence-electron chi connectivity index (χ0n) is 14.3. The molecule has 0 radical (unpaired) electrons. The Morgan fingerprint density at radius 1 is 1.26 bits per heavy atom. The van der Waals surface area contributed by atoms with E-state index in [0.29, 0.717) is 19.8 Å². The average Bonchev–Trinajstić information content (AvgIpc) is 2.94. The van der Waals surface area contributed by atoms with Crippen molar-refractivity contribution in [2.24, 2.45) is 4.99 Å². The van der Waals surface area contributed by atoms with Crippen molar-refractivity contribution in [1.29, 1.82) is 0 Å². The van der Waals surface area contributed by atoms with Gasteiger partial charge in [0.25, 0.3) is 0 Å². The Hall–Kier alpha value is -0.820. The summed E-state index contributed by atoms with van der Waals surface area (Å²) in [6.45, 7) is 6.40.